The first-order valence-electron chi connectivity index (χ1n) is 14.5. The third-order valence-corrected chi connectivity index (χ3v) is 8.98. The molecular formula is C32H37ClN4O4. The molecule has 41 heavy (non-hydrogen) atoms. The molecular weight excluding hydrogens is 540 g/mol. The summed E-state index contributed by atoms with van der Waals surface area (Å²) < 4.78 is 6.21. The molecule has 4 aliphatic heterocycles. The van der Waals surface area contributed by atoms with E-state index in [1.165, 1.54) is 22.3 Å². The van der Waals surface area contributed by atoms with E-state index in [0.29, 0.717) is 25.1 Å². The first-order valence-corrected chi connectivity index (χ1v) is 14.8. The Bertz CT molecular complexity index is 1390. The van der Waals surface area contributed by atoms with Crippen molar-refractivity contribution in [2.75, 3.05) is 39.3 Å². The lowest BCUT2D eigenvalue weighted by molar-refractivity contribution is -0.136. The predicted octanol–water partition coefficient (Wildman–Crippen LogP) is 3.87. The number of fused-ring (bicyclic) bond motifs is 1. The van der Waals surface area contributed by atoms with Gasteiger partial charge >= 0.3 is 0 Å². The number of piperazine rings is 1. The summed E-state index contributed by atoms with van der Waals surface area (Å²) in [6.07, 6.45) is 1.52. The van der Waals surface area contributed by atoms with E-state index in [1.54, 1.807) is 4.90 Å². The second kappa shape index (κ2) is 11.3. The van der Waals surface area contributed by atoms with Gasteiger partial charge in [-0.1, -0.05) is 35.9 Å². The normalized spacial score (nSPS) is 23.6. The van der Waals surface area contributed by atoms with Crippen LogP contribution >= 0.6 is 11.6 Å². The Hall–Kier alpha value is -3.04. The molecule has 0 aromatic heterocycles. The number of carbonyl (C=O) groups is 3. The van der Waals surface area contributed by atoms with Gasteiger partial charge in [-0.15, -0.1) is 0 Å². The molecule has 2 aromatic rings. The second-order valence-electron chi connectivity index (χ2n) is 12.3. The van der Waals surface area contributed by atoms with Crippen LogP contribution in [0.4, 0.5) is 0 Å². The quantitative estimate of drug-likeness (QED) is 0.526. The van der Waals surface area contributed by atoms with E-state index in [2.05, 4.69) is 47.2 Å². The number of hydrogen-bond donors (Lipinski definition) is 1. The number of carbonyl (C=O) groups excluding carboxylic acids is 3. The summed E-state index contributed by atoms with van der Waals surface area (Å²) in [5.74, 6) is -0.774. The minimum atomic E-state index is -0.583. The summed E-state index contributed by atoms with van der Waals surface area (Å²) in [5, 5.41) is 3.12. The molecule has 0 radical (unpaired) electrons. The standard InChI is InChI=1S/C32H37ClN4O4/c1-32(2)16-27(22-4-6-25(33)7-5-22)24(20-41-32)18-36-13-11-35(12-14-36)17-21-3-8-26-23(15-21)19-37(31(26)40)28-9-10-29(38)34-30(28)39/h3-8,15,28H,9-14,16-20H2,1-2H3,(H,34,38,39). The molecule has 0 aliphatic carbocycles. The van der Waals surface area contributed by atoms with Crippen molar-refractivity contribution in [2.45, 2.75) is 57.8 Å². The highest BCUT2D eigenvalue weighted by Gasteiger charge is 2.39. The monoisotopic (exact) mass is 576 g/mol. The number of imide groups is 1. The summed E-state index contributed by atoms with van der Waals surface area (Å²) in [4.78, 5) is 43.5. The number of ether oxygens (including phenoxy) is 1. The lowest BCUT2D eigenvalue weighted by atomic mass is 9.87. The number of piperidine rings is 1. The topological polar surface area (TPSA) is 82.2 Å². The Morgan fingerprint density at radius 2 is 1.68 bits per heavy atom. The molecule has 1 atom stereocenters. The Labute approximate surface area is 246 Å². The lowest BCUT2D eigenvalue weighted by Gasteiger charge is -2.38. The van der Waals surface area contributed by atoms with E-state index in [-0.39, 0.29) is 29.7 Å². The van der Waals surface area contributed by atoms with Crippen molar-refractivity contribution >= 4 is 34.9 Å². The van der Waals surface area contributed by atoms with Crippen LogP contribution in [0.5, 0.6) is 0 Å². The largest absolute Gasteiger partial charge is 0.371 e. The molecule has 2 fully saturated rings. The number of benzene rings is 2. The van der Waals surface area contributed by atoms with Crippen molar-refractivity contribution in [3.8, 4) is 0 Å². The summed E-state index contributed by atoms with van der Waals surface area (Å²) >= 11 is 6.16. The first kappa shape index (κ1) is 28.1. The molecule has 0 spiro atoms. The van der Waals surface area contributed by atoms with Gasteiger partial charge in [-0.2, -0.15) is 0 Å². The molecule has 9 heteroatoms. The maximum absolute atomic E-state index is 13.0. The molecule has 8 nitrogen and oxygen atoms in total. The highest BCUT2D eigenvalue weighted by atomic mass is 35.5. The average molecular weight is 577 g/mol. The van der Waals surface area contributed by atoms with E-state index in [1.807, 2.05) is 24.3 Å². The van der Waals surface area contributed by atoms with Gasteiger partial charge in [0, 0.05) is 69.2 Å². The van der Waals surface area contributed by atoms with E-state index < -0.39 is 6.04 Å². The number of nitrogens with one attached hydrogen (secondary N) is 1. The van der Waals surface area contributed by atoms with Crippen LogP contribution < -0.4 is 5.32 Å². The third-order valence-electron chi connectivity index (χ3n) is 8.73. The van der Waals surface area contributed by atoms with Crippen LogP contribution in [0.2, 0.25) is 5.02 Å². The number of nitrogens with zero attached hydrogens (tertiary/aromatic N) is 3. The van der Waals surface area contributed by atoms with Crippen molar-refractivity contribution in [3.05, 3.63) is 75.3 Å². The summed E-state index contributed by atoms with van der Waals surface area (Å²) in [6.45, 7) is 11.0. The zero-order valence-corrected chi connectivity index (χ0v) is 24.5. The van der Waals surface area contributed by atoms with Crippen LogP contribution in [0.25, 0.3) is 5.57 Å². The zero-order chi connectivity index (χ0) is 28.7. The summed E-state index contributed by atoms with van der Waals surface area (Å²) in [5.41, 5.74) is 6.56. The van der Waals surface area contributed by atoms with Gasteiger partial charge in [0.15, 0.2) is 0 Å². The Morgan fingerprint density at radius 3 is 2.39 bits per heavy atom. The number of amides is 3. The minimum Gasteiger partial charge on any atom is -0.371 e. The maximum Gasteiger partial charge on any atom is 0.255 e. The fraction of sp³-hybridized carbons (Fsp3) is 0.469. The molecule has 0 bridgehead atoms. The van der Waals surface area contributed by atoms with E-state index in [0.717, 1.165) is 56.3 Å². The highest BCUT2D eigenvalue weighted by molar-refractivity contribution is 6.30. The summed E-state index contributed by atoms with van der Waals surface area (Å²) in [6, 6.07) is 13.6. The fourth-order valence-electron chi connectivity index (χ4n) is 6.43. The molecule has 4 heterocycles. The smallest absolute Gasteiger partial charge is 0.255 e. The van der Waals surface area contributed by atoms with Crippen LogP contribution in [0.15, 0.2) is 48.0 Å². The minimum absolute atomic E-state index is 0.128. The van der Waals surface area contributed by atoms with Crippen molar-refractivity contribution < 1.29 is 19.1 Å². The van der Waals surface area contributed by atoms with Crippen molar-refractivity contribution in [3.63, 3.8) is 0 Å². The molecule has 2 aromatic carbocycles. The van der Waals surface area contributed by atoms with Gasteiger partial charge in [0.1, 0.15) is 6.04 Å². The van der Waals surface area contributed by atoms with E-state index in [9.17, 15) is 14.4 Å². The van der Waals surface area contributed by atoms with Crippen molar-refractivity contribution in [1.82, 2.24) is 20.0 Å². The van der Waals surface area contributed by atoms with Crippen LogP contribution in [0.3, 0.4) is 0 Å². The van der Waals surface area contributed by atoms with Crippen molar-refractivity contribution in [1.29, 1.82) is 0 Å². The van der Waals surface area contributed by atoms with Gasteiger partial charge < -0.3 is 9.64 Å². The number of rotatable bonds is 6. The van der Waals surface area contributed by atoms with Crippen LogP contribution in [-0.2, 0) is 27.4 Å². The van der Waals surface area contributed by atoms with Crippen LogP contribution in [0, 0.1) is 0 Å². The molecule has 4 aliphatic rings. The van der Waals surface area contributed by atoms with Gasteiger partial charge in [-0.05, 0) is 66.3 Å². The predicted molar refractivity (Wildman–Crippen MR) is 157 cm³/mol. The average Bonchev–Trinajstić information content (AvgIpc) is 3.26. The molecule has 6 rings (SSSR count). The fourth-order valence-corrected chi connectivity index (χ4v) is 6.56. The Balaban J connectivity index is 1.07. The van der Waals surface area contributed by atoms with Gasteiger partial charge in [0.05, 0.1) is 12.2 Å². The maximum atomic E-state index is 13.0. The van der Waals surface area contributed by atoms with Gasteiger partial charge in [-0.3, -0.25) is 29.5 Å². The highest BCUT2D eigenvalue weighted by Crippen LogP contribution is 2.36. The van der Waals surface area contributed by atoms with E-state index in [4.69, 9.17) is 16.3 Å². The van der Waals surface area contributed by atoms with Crippen LogP contribution in [-0.4, -0.2) is 83.4 Å². The molecule has 0 saturated carbocycles. The molecule has 1 unspecified atom stereocenters. The van der Waals surface area contributed by atoms with Gasteiger partial charge in [-0.25, -0.2) is 0 Å². The SMILES string of the molecule is CC1(C)CC(c2ccc(Cl)cc2)=C(CN2CCN(Cc3ccc4c(c3)CN(C3CCC(=O)NC3=O)C4=O)CC2)CO1. The number of hydrogen-bond acceptors (Lipinski definition) is 6. The van der Waals surface area contributed by atoms with Gasteiger partial charge in [0.25, 0.3) is 5.91 Å². The first-order chi connectivity index (χ1) is 19.6. The molecule has 2 saturated heterocycles. The van der Waals surface area contributed by atoms with Gasteiger partial charge in [0.2, 0.25) is 11.8 Å². The lowest BCUT2D eigenvalue weighted by Crippen LogP contribution is -2.52. The molecule has 216 valence electrons. The second-order valence-corrected chi connectivity index (χ2v) is 12.7. The third kappa shape index (κ3) is 6.11. The molecule has 3 amide bonds. The summed E-state index contributed by atoms with van der Waals surface area (Å²) in [7, 11) is 0. The Kier molecular flexibility index (Phi) is 7.76. The molecule has 1 N–H and O–H groups in total. The van der Waals surface area contributed by atoms with Crippen molar-refractivity contribution in [2.24, 2.45) is 0 Å². The van der Waals surface area contributed by atoms with E-state index >= 15 is 0 Å². The Morgan fingerprint density at radius 1 is 0.976 bits per heavy atom. The van der Waals surface area contributed by atoms with Crippen LogP contribution in [0.1, 0.15) is 60.2 Å². The number of halogens is 1. The zero-order valence-electron chi connectivity index (χ0n) is 23.7.